The van der Waals surface area contributed by atoms with Gasteiger partial charge in [-0.1, -0.05) is 6.07 Å². The summed E-state index contributed by atoms with van der Waals surface area (Å²) in [5.74, 6) is 0.417. The summed E-state index contributed by atoms with van der Waals surface area (Å²) in [5.41, 5.74) is 5.17. The summed E-state index contributed by atoms with van der Waals surface area (Å²) in [7, 11) is 0.752. The Morgan fingerprint density at radius 3 is 2.68 bits per heavy atom. The van der Waals surface area contributed by atoms with Crippen molar-refractivity contribution >= 4 is 40.2 Å². The van der Waals surface area contributed by atoms with Gasteiger partial charge in [0.2, 0.25) is 15.9 Å². The minimum atomic E-state index is -3.27. The first-order chi connectivity index (χ1) is 15.8. The second-order valence-corrected chi connectivity index (χ2v) is 10.5. The lowest BCUT2D eigenvalue weighted by atomic mass is 10.1. The number of ether oxygens (including phenoxy) is 2. The molecule has 1 aliphatic rings. The average molecular weight is 506 g/mol. The van der Waals surface area contributed by atoms with Gasteiger partial charge in [-0.25, -0.2) is 18.4 Å². The summed E-state index contributed by atoms with van der Waals surface area (Å²) in [5, 5.41) is 0. The molecule has 0 bridgehead atoms. The van der Waals surface area contributed by atoms with Crippen LogP contribution in [0.15, 0.2) is 36.7 Å². The van der Waals surface area contributed by atoms with Crippen molar-refractivity contribution in [1.29, 1.82) is 0 Å². The Labute approximate surface area is 207 Å². The third-order valence-corrected chi connectivity index (χ3v) is 7.51. The van der Waals surface area contributed by atoms with E-state index in [2.05, 4.69) is 33.9 Å². The Morgan fingerprint density at radius 2 is 1.97 bits per heavy atom. The monoisotopic (exact) mass is 505 g/mol. The number of hydrogen-bond acceptors (Lipinski definition) is 8. The van der Waals surface area contributed by atoms with E-state index in [9.17, 15) is 8.42 Å². The number of fused-ring (bicyclic) bond motifs is 1. The minimum Gasteiger partial charge on any atom is -0.473 e. The van der Waals surface area contributed by atoms with Crippen molar-refractivity contribution in [3.8, 4) is 17.1 Å². The van der Waals surface area contributed by atoms with Crippen LogP contribution in [0.4, 0.5) is 5.69 Å². The molecule has 184 valence electrons. The van der Waals surface area contributed by atoms with E-state index in [4.69, 9.17) is 14.5 Å². The Morgan fingerprint density at radius 1 is 1.21 bits per heavy atom. The largest absolute Gasteiger partial charge is 0.473 e. The quantitative estimate of drug-likeness (QED) is 0.483. The predicted octanol–water partition coefficient (Wildman–Crippen LogP) is 2.61. The molecule has 0 amide bonds. The molecule has 11 heteroatoms. The van der Waals surface area contributed by atoms with Gasteiger partial charge in [0.05, 0.1) is 23.6 Å². The molecule has 0 N–H and O–H groups in total. The van der Waals surface area contributed by atoms with Crippen LogP contribution in [0.2, 0.25) is 0 Å². The molecule has 0 spiro atoms. The second-order valence-electron chi connectivity index (χ2n) is 8.19. The van der Waals surface area contributed by atoms with Crippen LogP contribution >= 0.6 is 13.5 Å². The van der Waals surface area contributed by atoms with E-state index >= 15 is 0 Å². The van der Waals surface area contributed by atoms with E-state index in [1.54, 1.807) is 19.3 Å². The van der Waals surface area contributed by atoms with E-state index in [1.165, 1.54) is 4.31 Å². The van der Waals surface area contributed by atoms with E-state index in [1.807, 2.05) is 26.2 Å². The lowest BCUT2D eigenvalue weighted by Crippen LogP contribution is -2.48. The molecule has 3 heterocycles. The topological polar surface area (TPSA) is 97.8 Å². The van der Waals surface area contributed by atoms with Crippen molar-refractivity contribution in [2.24, 2.45) is 0 Å². The fraction of sp³-hybridized carbons (Fsp3) is 0.435. The molecular weight excluding hydrogens is 474 g/mol. The number of morpholine rings is 1. The molecule has 3 aromatic rings. The first-order valence-electron chi connectivity index (χ1n) is 10.9. The lowest BCUT2D eigenvalue weighted by Gasteiger charge is -2.31. The zero-order chi connectivity index (χ0) is 23.6. The van der Waals surface area contributed by atoms with E-state index in [-0.39, 0.29) is 38.5 Å². The number of sulfonamides is 1. The van der Waals surface area contributed by atoms with Crippen LogP contribution in [0.3, 0.4) is 0 Å². The van der Waals surface area contributed by atoms with Crippen LogP contribution in [0, 0.1) is 6.92 Å². The Bertz CT molecular complexity index is 1250. The SMILES string of the molecule is CCS(=O)(=O)N1CCO[C@H](COc2nc(-c3ccc(N(C)C)c(C)c3)cc3nccnc23)C1.S. The average Bonchev–Trinajstić information content (AvgIpc) is 2.82. The van der Waals surface area contributed by atoms with Gasteiger partial charge in [0.15, 0.2) is 5.52 Å². The standard InChI is InChI=1S/C23H29N5O4S.H2S/c1-5-33(29,30)28-10-11-31-18(14-28)15-32-23-22-20(24-8-9-25-22)13-19(26-23)17-6-7-21(27(3)4)16(2)12-17;/h6-9,12-13,18H,5,10-11,14-15H2,1-4H3;1H2/t18-;/m0./s1. The predicted molar refractivity (Wildman–Crippen MR) is 138 cm³/mol. The summed E-state index contributed by atoms with van der Waals surface area (Å²) < 4.78 is 37.7. The summed E-state index contributed by atoms with van der Waals surface area (Å²) in [4.78, 5) is 15.6. The first kappa shape index (κ1) is 26.1. The van der Waals surface area contributed by atoms with Gasteiger partial charge in [0, 0.05) is 50.8 Å². The maximum absolute atomic E-state index is 12.2. The first-order valence-corrected chi connectivity index (χ1v) is 12.5. The number of hydrogen-bond donors (Lipinski definition) is 0. The summed E-state index contributed by atoms with van der Waals surface area (Å²) in [6, 6.07) is 8.06. The highest BCUT2D eigenvalue weighted by Crippen LogP contribution is 2.30. The normalized spacial score (nSPS) is 16.8. The molecule has 0 unspecified atom stereocenters. The smallest absolute Gasteiger partial charge is 0.242 e. The van der Waals surface area contributed by atoms with E-state index in [0.29, 0.717) is 30.1 Å². The molecule has 4 rings (SSSR count). The maximum atomic E-state index is 12.2. The number of nitrogens with zero attached hydrogens (tertiary/aromatic N) is 5. The Balaban J connectivity index is 0.00000324. The summed E-state index contributed by atoms with van der Waals surface area (Å²) >= 11 is 0. The fourth-order valence-corrected chi connectivity index (χ4v) is 5.02. The number of benzene rings is 1. The van der Waals surface area contributed by atoms with Crippen molar-refractivity contribution in [1.82, 2.24) is 19.3 Å². The van der Waals surface area contributed by atoms with Gasteiger partial charge in [-0.05, 0) is 37.6 Å². The van der Waals surface area contributed by atoms with E-state index in [0.717, 1.165) is 22.5 Å². The van der Waals surface area contributed by atoms with Gasteiger partial charge in [-0.2, -0.15) is 17.8 Å². The molecule has 1 aromatic carbocycles. The third-order valence-electron chi connectivity index (χ3n) is 5.66. The van der Waals surface area contributed by atoms with Crippen molar-refractivity contribution in [3.05, 3.63) is 42.2 Å². The van der Waals surface area contributed by atoms with Crippen LogP contribution in [0.25, 0.3) is 22.3 Å². The molecule has 0 aliphatic carbocycles. The van der Waals surface area contributed by atoms with Crippen molar-refractivity contribution in [2.75, 3.05) is 51.1 Å². The van der Waals surface area contributed by atoms with Crippen LogP contribution in [0.5, 0.6) is 5.88 Å². The van der Waals surface area contributed by atoms with E-state index < -0.39 is 10.0 Å². The molecule has 9 nitrogen and oxygen atoms in total. The van der Waals surface area contributed by atoms with Gasteiger partial charge in [0.1, 0.15) is 12.7 Å². The third kappa shape index (κ3) is 5.60. The van der Waals surface area contributed by atoms with Crippen LogP contribution in [-0.2, 0) is 14.8 Å². The molecule has 0 radical (unpaired) electrons. The zero-order valence-electron chi connectivity index (χ0n) is 19.9. The number of aryl methyl sites for hydroxylation is 1. The summed E-state index contributed by atoms with van der Waals surface area (Å²) in [6.45, 7) is 4.81. The van der Waals surface area contributed by atoms with Crippen LogP contribution < -0.4 is 9.64 Å². The Hall–Kier alpha value is -2.47. The number of aromatic nitrogens is 3. The molecule has 2 aromatic heterocycles. The zero-order valence-corrected chi connectivity index (χ0v) is 21.7. The number of pyridine rings is 1. The molecule has 34 heavy (non-hydrogen) atoms. The highest BCUT2D eigenvalue weighted by molar-refractivity contribution is 7.89. The molecule has 1 fully saturated rings. The Kier molecular flexibility index (Phi) is 8.34. The van der Waals surface area contributed by atoms with Crippen LogP contribution in [-0.4, -0.2) is 79.9 Å². The second kappa shape index (κ2) is 10.9. The number of rotatable bonds is 7. The highest BCUT2D eigenvalue weighted by Gasteiger charge is 2.29. The maximum Gasteiger partial charge on any atom is 0.242 e. The minimum absolute atomic E-state index is 0. The number of anilines is 1. The van der Waals surface area contributed by atoms with Crippen molar-refractivity contribution < 1.29 is 17.9 Å². The van der Waals surface area contributed by atoms with Gasteiger partial charge < -0.3 is 14.4 Å². The van der Waals surface area contributed by atoms with Gasteiger partial charge in [0.25, 0.3) is 0 Å². The van der Waals surface area contributed by atoms with Crippen LogP contribution in [0.1, 0.15) is 12.5 Å². The molecule has 1 atom stereocenters. The molecular formula is C23H31N5O4S2. The van der Waals surface area contributed by atoms with Gasteiger partial charge >= 0.3 is 0 Å². The molecule has 1 saturated heterocycles. The lowest BCUT2D eigenvalue weighted by molar-refractivity contribution is -0.0253. The molecule has 1 aliphatic heterocycles. The van der Waals surface area contributed by atoms with Gasteiger partial charge in [-0.3, -0.25) is 4.98 Å². The molecule has 0 saturated carbocycles. The highest BCUT2D eigenvalue weighted by atomic mass is 32.2. The summed E-state index contributed by atoms with van der Waals surface area (Å²) in [6.07, 6.45) is 2.84. The van der Waals surface area contributed by atoms with Crippen molar-refractivity contribution in [2.45, 2.75) is 20.0 Å². The van der Waals surface area contributed by atoms with Crippen molar-refractivity contribution in [3.63, 3.8) is 0 Å². The van der Waals surface area contributed by atoms with Gasteiger partial charge in [-0.15, -0.1) is 0 Å². The fourth-order valence-electron chi connectivity index (χ4n) is 3.91.